The van der Waals surface area contributed by atoms with Crippen molar-refractivity contribution in [2.75, 3.05) is 0 Å². The van der Waals surface area contributed by atoms with Gasteiger partial charge in [-0.05, 0) is 34.5 Å². The molecule has 2 aromatic rings. The molecule has 0 saturated heterocycles. The Hall–Kier alpha value is -0.720. The van der Waals surface area contributed by atoms with Crippen LogP contribution in [-0.2, 0) is 6.54 Å². The molecule has 0 spiro atoms. The van der Waals surface area contributed by atoms with Crippen LogP contribution in [-0.4, -0.2) is 10.9 Å². The Morgan fingerprint density at radius 1 is 1.62 bits per heavy atom. The molecular weight excluding hydrogens is 308 g/mol. The first-order valence-corrected chi connectivity index (χ1v) is 7.07. The fraction of sp³-hybridized carbons (Fsp3) is 0.200. The molecule has 0 aliphatic heterocycles. The maximum absolute atomic E-state index is 11.8. The molecule has 0 aliphatic rings. The topological polar surface area (TPSA) is 42.0 Å². The van der Waals surface area contributed by atoms with Gasteiger partial charge in [-0.2, -0.15) is 0 Å². The van der Waals surface area contributed by atoms with E-state index in [1.807, 2.05) is 13.0 Å². The second-order valence-corrected chi connectivity index (χ2v) is 6.56. The van der Waals surface area contributed by atoms with E-state index in [9.17, 15) is 4.79 Å². The van der Waals surface area contributed by atoms with Crippen LogP contribution in [0, 0.1) is 6.92 Å². The molecule has 2 aromatic heterocycles. The minimum Gasteiger partial charge on any atom is -0.346 e. The number of aryl methyl sites for hydroxylation is 1. The van der Waals surface area contributed by atoms with Gasteiger partial charge in [-0.3, -0.25) is 9.78 Å². The number of thiazole rings is 1. The Morgan fingerprint density at radius 2 is 2.44 bits per heavy atom. The average molecular weight is 317 g/mol. The molecule has 2 rings (SSSR count). The first-order chi connectivity index (χ1) is 7.66. The van der Waals surface area contributed by atoms with Gasteiger partial charge in [0.2, 0.25) is 0 Å². The number of nitrogens with one attached hydrogen (secondary N) is 1. The summed E-state index contributed by atoms with van der Waals surface area (Å²) in [6, 6.07) is 1.89. The van der Waals surface area contributed by atoms with Gasteiger partial charge in [-0.1, -0.05) is 0 Å². The normalized spacial score (nSPS) is 10.4. The second-order valence-electron chi connectivity index (χ2n) is 3.22. The van der Waals surface area contributed by atoms with E-state index < -0.39 is 0 Å². The number of amides is 1. The first-order valence-electron chi connectivity index (χ1n) is 4.58. The van der Waals surface area contributed by atoms with Crippen LogP contribution in [0.2, 0.25) is 0 Å². The van der Waals surface area contributed by atoms with Crippen LogP contribution in [0.1, 0.15) is 20.1 Å². The molecule has 0 bridgehead atoms. The number of hydrogen-bond acceptors (Lipinski definition) is 4. The van der Waals surface area contributed by atoms with Gasteiger partial charge in [0.1, 0.15) is 0 Å². The number of nitrogens with zero attached hydrogens (tertiary/aromatic N) is 1. The van der Waals surface area contributed by atoms with Crippen molar-refractivity contribution >= 4 is 44.5 Å². The van der Waals surface area contributed by atoms with Crippen LogP contribution in [0.4, 0.5) is 0 Å². The fourth-order valence-corrected chi connectivity index (χ4v) is 3.14. The zero-order valence-electron chi connectivity index (χ0n) is 8.49. The summed E-state index contributed by atoms with van der Waals surface area (Å²) < 4.78 is 1.01. The van der Waals surface area contributed by atoms with Gasteiger partial charge in [0, 0.05) is 11.1 Å². The number of halogens is 1. The Morgan fingerprint density at radius 3 is 3.00 bits per heavy atom. The van der Waals surface area contributed by atoms with Crippen LogP contribution < -0.4 is 5.32 Å². The molecule has 2 heterocycles. The van der Waals surface area contributed by atoms with Crippen molar-refractivity contribution in [2.45, 2.75) is 13.5 Å². The summed E-state index contributed by atoms with van der Waals surface area (Å²) in [6.45, 7) is 2.51. The largest absolute Gasteiger partial charge is 0.346 e. The Labute approximate surface area is 110 Å². The highest BCUT2D eigenvalue weighted by molar-refractivity contribution is 9.11. The summed E-state index contributed by atoms with van der Waals surface area (Å²) in [6.07, 6.45) is 1.76. The summed E-state index contributed by atoms with van der Waals surface area (Å²) >= 11 is 6.39. The lowest BCUT2D eigenvalue weighted by molar-refractivity contribution is 0.0955. The molecule has 0 unspecified atom stereocenters. The van der Waals surface area contributed by atoms with Crippen molar-refractivity contribution in [2.24, 2.45) is 0 Å². The number of thiophene rings is 1. The molecule has 0 atom stereocenters. The zero-order chi connectivity index (χ0) is 11.5. The Kier molecular flexibility index (Phi) is 3.73. The number of carbonyl (C=O) groups excluding carboxylic acids is 1. The predicted octanol–water partition coefficient (Wildman–Crippen LogP) is 3.21. The third-order valence-corrected chi connectivity index (χ3v) is 4.90. The van der Waals surface area contributed by atoms with Crippen molar-refractivity contribution in [3.63, 3.8) is 0 Å². The van der Waals surface area contributed by atoms with Crippen molar-refractivity contribution in [1.82, 2.24) is 10.3 Å². The summed E-state index contributed by atoms with van der Waals surface area (Å²) in [5.74, 6) is -0.0350. The lowest BCUT2D eigenvalue weighted by atomic mass is 10.3. The molecule has 84 valence electrons. The van der Waals surface area contributed by atoms with E-state index in [4.69, 9.17) is 0 Å². The number of hydrogen-bond donors (Lipinski definition) is 1. The van der Waals surface area contributed by atoms with Crippen LogP contribution in [0.5, 0.6) is 0 Å². The van der Waals surface area contributed by atoms with E-state index in [0.29, 0.717) is 6.54 Å². The van der Waals surface area contributed by atoms with E-state index in [-0.39, 0.29) is 5.91 Å². The quantitative estimate of drug-likeness (QED) is 0.944. The average Bonchev–Trinajstić information content (AvgIpc) is 2.86. The number of carbonyl (C=O) groups is 1. The number of aromatic nitrogens is 1. The summed E-state index contributed by atoms with van der Waals surface area (Å²) in [5, 5.41) is 2.86. The van der Waals surface area contributed by atoms with Gasteiger partial charge in [0.25, 0.3) is 5.91 Å². The summed E-state index contributed by atoms with van der Waals surface area (Å²) in [7, 11) is 0. The van der Waals surface area contributed by atoms with E-state index in [1.54, 1.807) is 11.7 Å². The minimum atomic E-state index is -0.0350. The van der Waals surface area contributed by atoms with Crippen LogP contribution in [0.15, 0.2) is 21.6 Å². The van der Waals surface area contributed by atoms with Crippen molar-refractivity contribution in [3.05, 3.63) is 36.9 Å². The molecule has 0 radical (unpaired) electrons. The van der Waals surface area contributed by atoms with Gasteiger partial charge in [0.05, 0.1) is 20.7 Å². The lowest BCUT2D eigenvalue weighted by Gasteiger charge is -1.99. The standard InChI is InChI=1S/C10H9BrN2OS2/c1-6-2-8(16-9(6)11)10(14)13-4-7-3-12-5-15-7/h2-3,5H,4H2,1H3,(H,13,14). The first kappa shape index (κ1) is 11.8. The SMILES string of the molecule is Cc1cc(C(=O)NCc2cncs2)sc1Br. The summed E-state index contributed by atoms with van der Waals surface area (Å²) in [4.78, 5) is 17.5. The molecular formula is C10H9BrN2OS2. The highest BCUT2D eigenvalue weighted by atomic mass is 79.9. The van der Waals surface area contributed by atoms with Crippen LogP contribution in [0.25, 0.3) is 0 Å². The van der Waals surface area contributed by atoms with Crippen molar-refractivity contribution < 1.29 is 4.79 Å². The second kappa shape index (κ2) is 5.07. The lowest BCUT2D eigenvalue weighted by Crippen LogP contribution is -2.21. The molecule has 0 aromatic carbocycles. The monoisotopic (exact) mass is 316 g/mol. The maximum Gasteiger partial charge on any atom is 0.261 e. The summed E-state index contributed by atoms with van der Waals surface area (Å²) in [5.41, 5.74) is 2.85. The molecule has 6 heteroatoms. The van der Waals surface area contributed by atoms with E-state index >= 15 is 0 Å². The number of rotatable bonds is 3. The third-order valence-electron chi connectivity index (χ3n) is 1.99. The van der Waals surface area contributed by atoms with E-state index in [0.717, 1.165) is 19.1 Å². The van der Waals surface area contributed by atoms with Gasteiger partial charge in [0.15, 0.2) is 0 Å². The fourth-order valence-electron chi connectivity index (χ4n) is 1.16. The minimum absolute atomic E-state index is 0.0350. The molecule has 0 saturated carbocycles. The molecule has 1 amide bonds. The van der Waals surface area contributed by atoms with Crippen LogP contribution >= 0.6 is 38.6 Å². The molecule has 3 nitrogen and oxygen atoms in total. The van der Waals surface area contributed by atoms with Crippen molar-refractivity contribution in [1.29, 1.82) is 0 Å². The van der Waals surface area contributed by atoms with E-state index in [1.165, 1.54) is 22.7 Å². The zero-order valence-corrected chi connectivity index (χ0v) is 11.7. The predicted molar refractivity (Wildman–Crippen MR) is 70.0 cm³/mol. The van der Waals surface area contributed by atoms with E-state index in [2.05, 4.69) is 26.2 Å². The highest BCUT2D eigenvalue weighted by Crippen LogP contribution is 2.27. The highest BCUT2D eigenvalue weighted by Gasteiger charge is 2.10. The smallest absolute Gasteiger partial charge is 0.261 e. The molecule has 0 fully saturated rings. The molecule has 16 heavy (non-hydrogen) atoms. The van der Waals surface area contributed by atoms with Gasteiger partial charge in [-0.25, -0.2) is 0 Å². The molecule has 0 aliphatic carbocycles. The Balaban J connectivity index is 1.98. The van der Waals surface area contributed by atoms with Gasteiger partial charge >= 0.3 is 0 Å². The van der Waals surface area contributed by atoms with Gasteiger partial charge < -0.3 is 5.32 Å². The third kappa shape index (κ3) is 2.69. The van der Waals surface area contributed by atoms with Crippen LogP contribution in [0.3, 0.4) is 0 Å². The van der Waals surface area contributed by atoms with Gasteiger partial charge in [-0.15, -0.1) is 22.7 Å². The van der Waals surface area contributed by atoms with Crippen molar-refractivity contribution in [3.8, 4) is 0 Å². The molecule has 1 N–H and O–H groups in total. The Bertz CT molecular complexity index is 473. The maximum atomic E-state index is 11.8.